The molecule has 0 amide bonds. The highest BCUT2D eigenvalue weighted by Crippen LogP contribution is 2.34. The molecule has 2 heterocycles. The second-order valence-corrected chi connectivity index (χ2v) is 11.1. The van der Waals surface area contributed by atoms with Gasteiger partial charge in [-0.05, 0) is 54.4 Å². The number of halogens is 3. The molecule has 3 rings (SSSR count). The molecule has 162 valence electrons. The third-order valence-electron chi connectivity index (χ3n) is 3.79. The van der Waals surface area contributed by atoms with Gasteiger partial charge in [-0.2, -0.15) is 28.3 Å². The van der Waals surface area contributed by atoms with E-state index < -0.39 is 33.2 Å². The Hall–Kier alpha value is -3.32. The van der Waals surface area contributed by atoms with Crippen molar-refractivity contribution in [3.05, 3.63) is 65.9 Å². The summed E-state index contributed by atoms with van der Waals surface area (Å²) >= 11 is 0. The maximum Gasteiger partial charge on any atom is 0.434 e. The van der Waals surface area contributed by atoms with E-state index in [1.54, 1.807) is 24.3 Å². The van der Waals surface area contributed by atoms with Crippen LogP contribution in [0.4, 0.5) is 13.2 Å². The van der Waals surface area contributed by atoms with E-state index in [0.717, 1.165) is 16.3 Å². The number of carbonyl (C=O) groups excluding carboxylic acids is 1. The highest BCUT2D eigenvalue weighted by Gasteiger charge is 2.37. The zero-order valence-electron chi connectivity index (χ0n) is 17.0. The molecular weight excluding hydrogens is 429 g/mol. The molecule has 0 atom stereocenters. The number of hydrogen-bond donors (Lipinski definition) is 0. The molecule has 0 aliphatic heterocycles. The Balaban J connectivity index is 1.82. The lowest BCUT2D eigenvalue weighted by atomic mass is 10.1. The van der Waals surface area contributed by atoms with Crippen LogP contribution < -0.4 is 4.74 Å². The van der Waals surface area contributed by atoms with Gasteiger partial charge in [-0.1, -0.05) is 5.92 Å². The van der Waals surface area contributed by atoms with Gasteiger partial charge in [0.25, 0.3) is 0 Å². The molecule has 2 aromatic heterocycles. The summed E-state index contributed by atoms with van der Waals surface area (Å²) in [6.45, 7) is -0.385. The first kappa shape index (κ1) is 22.4. The summed E-state index contributed by atoms with van der Waals surface area (Å²) in [5, 5.41) is 6.91. The van der Waals surface area contributed by atoms with Crippen LogP contribution in [0.3, 0.4) is 0 Å². The maximum absolute atomic E-state index is 13.5. The van der Waals surface area contributed by atoms with Gasteiger partial charge in [0.1, 0.15) is 24.9 Å². The summed E-state index contributed by atoms with van der Waals surface area (Å²) in [6, 6.07) is 8.90. The van der Waals surface area contributed by atoms with Gasteiger partial charge in [0.2, 0.25) is 5.88 Å². The summed E-state index contributed by atoms with van der Waals surface area (Å²) in [5.41, 5.74) is -1.11. The Bertz CT molecular complexity index is 1130. The molecule has 3 aromatic rings. The van der Waals surface area contributed by atoms with Crippen LogP contribution in [0.2, 0.25) is 0 Å². The minimum atomic E-state index is -4.83. The van der Waals surface area contributed by atoms with Crippen LogP contribution in [0.1, 0.15) is 21.6 Å². The normalized spacial score (nSPS) is 12.1. The summed E-state index contributed by atoms with van der Waals surface area (Å²) in [7, 11) is -0.973. The van der Waals surface area contributed by atoms with Crippen LogP contribution in [0.5, 0.6) is 11.6 Å². The van der Waals surface area contributed by atoms with E-state index in [-0.39, 0.29) is 12.4 Å². The van der Waals surface area contributed by atoms with E-state index in [9.17, 15) is 18.0 Å². The fraction of sp³-hybridized carbons (Fsp3) is 0.238. The van der Waals surface area contributed by atoms with Crippen molar-refractivity contribution in [2.75, 3.05) is 18.8 Å². The van der Waals surface area contributed by atoms with Gasteiger partial charge < -0.3 is 4.74 Å². The van der Waals surface area contributed by atoms with Crippen molar-refractivity contribution in [1.82, 2.24) is 19.7 Å². The molecule has 0 fully saturated rings. The topological polar surface area (TPSA) is 69.9 Å². The number of carbonyl (C=O) groups is 1. The highest BCUT2D eigenvalue weighted by molar-refractivity contribution is 8.35. The Kier molecular flexibility index (Phi) is 6.36. The van der Waals surface area contributed by atoms with Crippen molar-refractivity contribution in [3.63, 3.8) is 0 Å². The summed E-state index contributed by atoms with van der Waals surface area (Å²) in [4.78, 5) is 19.5. The Morgan fingerprint density at radius 3 is 2.42 bits per heavy atom. The predicted octanol–water partition coefficient (Wildman–Crippen LogP) is 4.37. The van der Waals surface area contributed by atoms with Crippen LogP contribution >= 0.6 is 10.0 Å². The maximum atomic E-state index is 13.5. The molecule has 0 unspecified atom stereocenters. The van der Waals surface area contributed by atoms with Gasteiger partial charge in [-0.25, -0.2) is 14.6 Å². The van der Waals surface area contributed by atoms with Crippen LogP contribution in [0.15, 0.2) is 49.1 Å². The number of Topliss-reactive ketones (excluding diaryl/α,β-unsaturated/α-hetero) is 1. The lowest BCUT2D eigenvalue weighted by Crippen LogP contribution is -2.19. The lowest BCUT2D eigenvalue weighted by Gasteiger charge is -2.14. The summed E-state index contributed by atoms with van der Waals surface area (Å²) in [6.07, 6.45) is 3.81. The van der Waals surface area contributed by atoms with Crippen molar-refractivity contribution in [1.29, 1.82) is 0 Å². The van der Waals surface area contributed by atoms with Crippen molar-refractivity contribution in [2.24, 2.45) is 0 Å². The molecule has 1 aromatic carbocycles. The molecule has 31 heavy (non-hydrogen) atoms. The average Bonchev–Trinajstić information content (AvgIpc) is 3.19. The van der Waals surface area contributed by atoms with Crippen molar-refractivity contribution in [3.8, 4) is 22.8 Å². The molecule has 0 saturated heterocycles. The quantitative estimate of drug-likeness (QED) is 0.428. The Labute approximate surface area is 178 Å². The first-order valence-corrected chi connectivity index (χ1v) is 11.8. The fourth-order valence-corrected chi connectivity index (χ4v) is 2.85. The minimum absolute atomic E-state index is 0.275. The van der Waals surface area contributed by atoms with E-state index >= 15 is 0 Å². The van der Waals surface area contributed by atoms with E-state index in [2.05, 4.69) is 45.0 Å². The summed E-state index contributed by atoms with van der Waals surface area (Å²) < 4.78 is 47.2. The molecule has 0 aliphatic rings. The molecule has 0 aliphatic carbocycles. The van der Waals surface area contributed by atoms with E-state index in [1.165, 1.54) is 18.7 Å². The Morgan fingerprint density at radius 2 is 1.84 bits per heavy atom. The number of pyridine rings is 1. The van der Waals surface area contributed by atoms with Crippen molar-refractivity contribution >= 4 is 15.8 Å². The lowest BCUT2D eigenvalue weighted by molar-refractivity contribution is -0.141. The van der Waals surface area contributed by atoms with Crippen LogP contribution in [0.25, 0.3) is 0 Å². The zero-order valence-corrected chi connectivity index (χ0v) is 17.8. The van der Waals surface area contributed by atoms with Gasteiger partial charge in [0.05, 0.1) is 5.56 Å². The van der Waals surface area contributed by atoms with E-state index in [4.69, 9.17) is 4.74 Å². The highest BCUT2D eigenvalue weighted by atomic mass is 32.3. The SMILES string of the molecule is CS(C)(C)C#Cc1ccc(Oc2ccc(C(=O)Cn3cncn3)c(C(F)(F)F)n2)cc1. The molecule has 10 heteroatoms. The number of ketones is 1. The molecule has 0 spiro atoms. The minimum Gasteiger partial charge on any atom is -0.439 e. The second-order valence-electron chi connectivity index (χ2n) is 7.25. The third kappa shape index (κ3) is 6.33. The van der Waals surface area contributed by atoms with Gasteiger partial charge in [0.15, 0.2) is 11.5 Å². The van der Waals surface area contributed by atoms with Gasteiger partial charge >= 0.3 is 6.18 Å². The first-order valence-electron chi connectivity index (χ1n) is 8.94. The van der Waals surface area contributed by atoms with E-state index in [0.29, 0.717) is 5.75 Å². The number of rotatable bonds is 5. The van der Waals surface area contributed by atoms with Crippen LogP contribution in [0, 0.1) is 11.2 Å². The number of aromatic nitrogens is 4. The zero-order chi connectivity index (χ0) is 22.6. The van der Waals surface area contributed by atoms with Gasteiger partial charge in [-0.15, -0.1) is 0 Å². The largest absolute Gasteiger partial charge is 0.439 e. The Morgan fingerprint density at radius 1 is 1.13 bits per heavy atom. The number of hydrogen-bond acceptors (Lipinski definition) is 5. The van der Waals surface area contributed by atoms with Gasteiger partial charge in [-0.3, -0.25) is 4.79 Å². The van der Waals surface area contributed by atoms with Crippen LogP contribution in [-0.2, 0) is 12.7 Å². The monoisotopic (exact) mass is 448 g/mol. The molecular formula is C21H19F3N4O2S. The number of alkyl halides is 3. The van der Waals surface area contributed by atoms with Crippen molar-refractivity contribution in [2.45, 2.75) is 12.7 Å². The second kappa shape index (κ2) is 8.81. The summed E-state index contributed by atoms with van der Waals surface area (Å²) in [5.74, 6) is 2.30. The fourth-order valence-electron chi connectivity index (χ4n) is 2.42. The molecule has 0 radical (unpaired) electrons. The van der Waals surface area contributed by atoms with Crippen LogP contribution in [-0.4, -0.2) is 44.3 Å². The predicted molar refractivity (Wildman–Crippen MR) is 112 cm³/mol. The first-order chi connectivity index (χ1) is 14.5. The molecule has 0 bridgehead atoms. The molecule has 0 saturated carbocycles. The molecule has 0 N–H and O–H groups in total. The number of nitrogens with zero attached hydrogens (tertiary/aromatic N) is 4. The third-order valence-corrected chi connectivity index (χ3v) is 4.50. The smallest absolute Gasteiger partial charge is 0.434 e. The number of ether oxygens (including phenoxy) is 1. The van der Waals surface area contributed by atoms with Crippen molar-refractivity contribution < 1.29 is 22.7 Å². The standard InChI is InChI=1S/C21H19F3N4O2S/c1-31(2,3)11-10-15-4-6-16(7-5-15)30-19-9-8-17(20(27-19)21(22,23)24)18(29)12-28-14-25-13-26-28/h4-9,13-14H,12H2,1-3H3. The number of benzene rings is 1. The van der Waals surface area contributed by atoms with Gasteiger partial charge in [0, 0.05) is 11.6 Å². The van der Waals surface area contributed by atoms with E-state index in [1.807, 2.05) is 0 Å². The average molecular weight is 448 g/mol. The molecule has 6 nitrogen and oxygen atoms in total.